The Morgan fingerprint density at radius 2 is 1.94 bits per heavy atom. The quantitative estimate of drug-likeness (QED) is 0.719. The van der Waals surface area contributed by atoms with Crippen LogP contribution in [0.5, 0.6) is 0 Å². The van der Waals surface area contributed by atoms with Crippen molar-refractivity contribution in [2.75, 3.05) is 11.5 Å². The Hall–Kier alpha value is -1.18. The van der Waals surface area contributed by atoms with E-state index >= 15 is 0 Å². The van der Waals surface area contributed by atoms with Crippen LogP contribution in [0.4, 0.5) is 11.4 Å². The van der Waals surface area contributed by atoms with E-state index in [0.717, 1.165) is 18.0 Å². The van der Waals surface area contributed by atoms with Crippen molar-refractivity contribution in [3.05, 3.63) is 23.8 Å². The molecule has 0 aliphatic rings. The van der Waals surface area contributed by atoms with E-state index in [0.29, 0.717) is 5.69 Å². The number of nitrogen functional groups attached to an aromatic ring is 2. The number of anilines is 2. The van der Waals surface area contributed by atoms with E-state index in [-0.39, 0.29) is 0 Å². The molecule has 1 rings (SSSR count). The largest absolute Gasteiger partial charge is 0.397 e. The molecule has 0 saturated carbocycles. The third-order valence-corrected chi connectivity index (χ3v) is 3.28. The molecule has 4 N–H and O–H groups in total. The molecule has 0 saturated heterocycles. The molecule has 0 aliphatic heterocycles. The lowest BCUT2D eigenvalue weighted by Crippen LogP contribution is -2.07. The molecule has 0 spiro atoms. The van der Waals surface area contributed by atoms with Gasteiger partial charge in [0.2, 0.25) is 0 Å². The molecular formula is C14H24N2. The number of para-hydroxylation sites is 1. The first-order valence-corrected chi connectivity index (χ1v) is 6.31. The van der Waals surface area contributed by atoms with E-state index in [4.69, 9.17) is 11.5 Å². The smallest absolute Gasteiger partial charge is 0.0580 e. The lowest BCUT2D eigenvalue weighted by molar-refractivity contribution is 0.450. The summed E-state index contributed by atoms with van der Waals surface area (Å²) in [4.78, 5) is 0. The molecular weight excluding hydrogens is 196 g/mol. The van der Waals surface area contributed by atoms with E-state index in [1.54, 1.807) is 0 Å². The molecule has 1 aromatic rings. The number of hydrogen-bond acceptors (Lipinski definition) is 2. The number of rotatable bonds is 6. The zero-order chi connectivity index (χ0) is 12.0. The van der Waals surface area contributed by atoms with Crippen molar-refractivity contribution in [3.63, 3.8) is 0 Å². The van der Waals surface area contributed by atoms with Crippen molar-refractivity contribution < 1.29 is 0 Å². The van der Waals surface area contributed by atoms with E-state index in [1.165, 1.54) is 31.2 Å². The molecule has 0 aromatic heterocycles. The lowest BCUT2D eigenvalue weighted by Gasteiger charge is -2.16. The van der Waals surface area contributed by atoms with Gasteiger partial charge in [0.25, 0.3) is 0 Å². The van der Waals surface area contributed by atoms with Crippen LogP contribution >= 0.6 is 0 Å². The summed E-state index contributed by atoms with van der Waals surface area (Å²) in [7, 11) is 0. The van der Waals surface area contributed by atoms with Gasteiger partial charge in [-0.3, -0.25) is 0 Å². The highest BCUT2D eigenvalue weighted by atomic mass is 14.7. The van der Waals surface area contributed by atoms with Crippen LogP contribution in [0, 0.1) is 5.92 Å². The standard InChI is InChI=1S/C14H24N2/c1-3-5-7-11(4-2)10-12-8-6-9-13(15)14(12)16/h6,8-9,11H,3-5,7,10,15-16H2,1-2H3. The van der Waals surface area contributed by atoms with Gasteiger partial charge in [-0.05, 0) is 24.0 Å². The molecule has 2 nitrogen and oxygen atoms in total. The van der Waals surface area contributed by atoms with Gasteiger partial charge in [0.1, 0.15) is 0 Å². The molecule has 0 fully saturated rings. The molecule has 0 aliphatic carbocycles. The number of unbranched alkanes of at least 4 members (excludes halogenated alkanes) is 1. The molecule has 2 heteroatoms. The molecule has 0 radical (unpaired) electrons. The highest BCUT2D eigenvalue weighted by Gasteiger charge is 2.10. The van der Waals surface area contributed by atoms with Gasteiger partial charge >= 0.3 is 0 Å². The fourth-order valence-corrected chi connectivity index (χ4v) is 2.07. The molecule has 1 aromatic carbocycles. The van der Waals surface area contributed by atoms with Crippen molar-refractivity contribution in [2.45, 2.75) is 46.0 Å². The van der Waals surface area contributed by atoms with Gasteiger partial charge in [-0.1, -0.05) is 51.7 Å². The van der Waals surface area contributed by atoms with E-state index in [1.807, 2.05) is 12.1 Å². The Bertz CT molecular complexity index is 321. The monoisotopic (exact) mass is 220 g/mol. The SMILES string of the molecule is CCCCC(CC)Cc1cccc(N)c1N. The van der Waals surface area contributed by atoms with Gasteiger partial charge < -0.3 is 11.5 Å². The van der Waals surface area contributed by atoms with Crippen molar-refractivity contribution in [1.29, 1.82) is 0 Å². The van der Waals surface area contributed by atoms with Crippen LogP contribution in [-0.2, 0) is 6.42 Å². The minimum absolute atomic E-state index is 0.711. The lowest BCUT2D eigenvalue weighted by atomic mass is 9.91. The summed E-state index contributed by atoms with van der Waals surface area (Å²) in [6.07, 6.45) is 6.15. The maximum Gasteiger partial charge on any atom is 0.0580 e. The molecule has 0 bridgehead atoms. The Morgan fingerprint density at radius 1 is 1.19 bits per heavy atom. The van der Waals surface area contributed by atoms with Crippen molar-refractivity contribution in [3.8, 4) is 0 Å². The highest BCUT2D eigenvalue weighted by molar-refractivity contribution is 5.67. The average molecular weight is 220 g/mol. The van der Waals surface area contributed by atoms with Gasteiger partial charge in [0.05, 0.1) is 11.4 Å². The Kier molecular flexibility index (Phi) is 5.17. The van der Waals surface area contributed by atoms with E-state index < -0.39 is 0 Å². The van der Waals surface area contributed by atoms with Crippen LogP contribution in [0.15, 0.2) is 18.2 Å². The Morgan fingerprint density at radius 3 is 2.56 bits per heavy atom. The molecule has 1 atom stereocenters. The summed E-state index contributed by atoms with van der Waals surface area (Å²) in [5.74, 6) is 0.740. The Labute approximate surface area is 99.0 Å². The fourth-order valence-electron chi connectivity index (χ4n) is 2.07. The maximum absolute atomic E-state index is 5.99. The van der Waals surface area contributed by atoms with E-state index in [9.17, 15) is 0 Å². The topological polar surface area (TPSA) is 52.0 Å². The summed E-state index contributed by atoms with van der Waals surface area (Å²) in [6.45, 7) is 4.49. The number of benzene rings is 1. The zero-order valence-corrected chi connectivity index (χ0v) is 10.5. The van der Waals surface area contributed by atoms with Crippen LogP contribution in [0.3, 0.4) is 0 Å². The van der Waals surface area contributed by atoms with Gasteiger partial charge in [-0.15, -0.1) is 0 Å². The van der Waals surface area contributed by atoms with Crippen LogP contribution in [0.2, 0.25) is 0 Å². The van der Waals surface area contributed by atoms with Crippen molar-refractivity contribution >= 4 is 11.4 Å². The highest BCUT2D eigenvalue weighted by Crippen LogP contribution is 2.25. The summed E-state index contributed by atoms with van der Waals surface area (Å²) in [5.41, 5.74) is 14.5. The fraction of sp³-hybridized carbons (Fsp3) is 0.571. The van der Waals surface area contributed by atoms with Crippen LogP contribution in [0.1, 0.15) is 45.1 Å². The number of nitrogens with two attached hydrogens (primary N) is 2. The third kappa shape index (κ3) is 3.44. The first-order chi connectivity index (χ1) is 7.69. The first-order valence-electron chi connectivity index (χ1n) is 6.31. The molecule has 1 unspecified atom stereocenters. The first kappa shape index (κ1) is 12.9. The van der Waals surface area contributed by atoms with Crippen LogP contribution < -0.4 is 11.5 Å². The number of hydrogen-bond donors (Lipinski definition) is 2. The summed E-state index contributed by atoms with van der Waals surface area (Å²) in [6, 6.07) is 5.96. The van der Waals surface area contributed by atoms with Gasteiger partial charge in [-0.2, -0.15) is 0 Å². The average Bonchev–Trinajstić information content (AvgIpc) is 2.30. The second kappa shape index (κ2) is 6.41. The van der Waals surface area contributed by atoms with Gasteiger partial charge in [0, 0.05) is 0 Å². The second-order valence-electron chi connectivity index (χ2n) is 4.54. The second-order valence-corrected chi connectivity index (χ2v) is 4.54. The van der Waals surface area contributed by atoms with Crippen LogP contribution in [-0.4, -0.2) is 0 Å². The molecule has 0 amide bonds. The molecule has 90 valence electrons. The predicted molar refractivity (Wildman–Crippen MR) is 72.3 cm³/mol. The normalized spacial score (nSPS) is 12.6. The minimum atomic E-state index is 0.711. The summed E-state index contributed by atoms with van der Waals surface area (Å²) < 4.78 is 0. The van der Waals surface area contributed by atoms with Gasteiger partial charge in [-0.25, -0.2) is 0 Å². The Balaban J connectivity index is 2.66. The molecule has 16 heavy (non-hydrogen) atoms. The van der Waals surface area contributed by atoms with E-state index in [2.05, 4.69) is 19.9 Å². The van der Waals surface area contributed by atoms with Crippen molar-refractivity contribution in [1.82, 2.24) is 0 Å². The predicted octanol–water partition coefficient (Wildman–Crippen LogP) is 3.61. The third-order valence-electron chi connectivity index (χ3n) is 3.28. The van der Waals surface area contributed by atoms with Crippen LogP contribution in [0.25, 0.3) is 0 Å². The van der Waals surface area contributed by atoms with Gasteiger partial charge in [0.15, 0.2) is 0 Å². The maximum atomic E-state index is 5.99. The minimum Gasteiger partial charge on any atom is -0.397 e. The van der Waals surface area contributed by atoms with Crippen molar-refractivity contribution in [2.24, 2.45) is 5.92 Å². The summed E-state index contributed by atoms with van der Waals surface area (Å²) >= 11 is 0. The molecule has 0 heterocycles. The zero-order valence-electron chi connectivity index (χ0n) is 10.5. The summed E-state index contributed by atoms with van der Waals surface area (Å²) in [5, 5.41) is 0.